The fraction of sp³-hybridized carbons (Fsp3) is 0.732. The number of ether oxygens (including phenoxy) is 1. The summed E-state index contributed by atoms with van der Waals surface area (Å²) in [5.41, 5.74) is 0.502. The van der Waals surface area contributed by atoms with Gasteiger partial charge in [0.1, 0.15) is 6.10 Å². The molecule has 5 aliphatic carbocycles. The third kappa shape index (κ3) is 5.23. The van der Waals surface area contributed by atoms with Crippen LogP contribution in [0.2, 0.25) is 0 Å². The smallest absolute Gasteiger partial charge is 0.309 e. The Hall–Kier alpha value is -3.03. The Labute approximate surface area is 292 Å². The van der Waals surface area contributed by atoms with Gasteiger partial charge in [0.15, 0.2) is 5.78 Å². The average Bonchev–Trinajstić information content (AvgIpc) is 3.32. The van der Waals surface area contributed by atoms with Gasteiger partial charge in [-0.25, -0.2) is 0 Å². The number of carboxylic acid groups (broad SMARTS) is 1. The number of pyridine rings is 1. The van der Waals surface area contributed by atoms with E-state index in [9.17, 15) is 24.3 Å². The van der Waals surface area contributed by atoms with E-state index in [-0.39, 0.29) is 64.1 Å². The largest absolute Gasteiger partial charge is 0.481 e. The van der Waals surface area contributed by atoms with Crippen molar-refractivity contribution in [2.24, 2.45) is 56.2 Å². The number of carboxylic acids is 1. The zero-order valence-corrected chi connectivity index (χ0v) is 31.2. The van der Waals surface area contributed by atoms with Crippen LogP contribution in [0.5, 0.6) is 0 Å². The Morgan fingerprint density at radius 3 is 2.24 bits per heavy atom. The van der Waals surface area contributed by atoms with E-state index in [4.69, 9.17) is 4.74 Å². The highest BCUT2D eigenvalue weighted by Gasteiger charge is 2.71. The van der Waals surface area contributed by atoms with Crippen LogP contribution in [-0.4, -0.2) is 39.8 Å². The first-order chi connectivity index (χ1) is 22.7. The Morgan fingerprint density at radius 2 is 1.61 bits per heavy atom. The van der Waals surface area contributed by atoms with Crippen LogP contribution in [0.15, 0.2) is 35.7 Å². The van der Waals surface area contributed by atoms with Gasteiger partial charge < -0.3 is 15.2 Å². The van der Waals surface area contributed by atoms with Crippen molar-refractivity contribution < 1.29 is 29.0 Å². The summed E-state index contributed by atoms with van der Waals surface area (Å²) in [7, 11) is 0. The molecule has 0 aromatic carbocycles. The molecule has 4 saturated carbocycles. The van der Waals surface area contributed by atoms with Crippen molar-refractivity contribution in [1.29, 1.82) is 0 Å². The summed E-state index contributed by atoms with van der Waals surface area (Å²) < 4.78 is 6.14. The highest BCUT2D eigenvalue weighted by molar-refractivity contribution is 6.10. The summed E-state index contributed by atoms with van der Waals surface area (Å²) in [4.78, 5) is 57.1. The van der Waals surface area contributed by atoms with Crippen LogP contribution in [0.3, 0.4) is 0 Å². The van der Waals surface area contributed by atoms with Crippen molar-refractivity contribution in [1.82, 2.24) is 4.98 Å². The summed E-state index contributed by atoms with van der Waals surface area (Å²) in [6.07, 6.45) is 10.6. The van der Waals surface area contributed by atoms with Gasteiger partial charge in [0.05, 0.1) is 17.3 Å². The lowest BCUT2D eigenvalue weighted by Gasteiger charge is -2.72. The van der Waals surface area contributed by atoms with E-state index in [0.29, 0.717) is 23.9 Å². The monoisotopic (exact) mass is 674 g/mol. The van der Waals surface area contributed by atoms with Crippen LogP contribution in [0.4, 0.5) is 5.69 Å². The van der Waals surface area contributed by atoms with Crippen LogP contribution >= 0.6 is 0 Å². The number of allylic oxidation sites excluding steroid dienone is 1. The molecular weight excluding hydrogens is 616 g/mol. The van der Waals surface area contributed by atoms with Gasteiger partial charge in [0, 0.05) is 29.9 Å². The predicted octanol–water partition coefficient (Wildman–Crippen LogP) is 8.41. The molecule has 1 heterocycles. The number of esters is 1. The minimum absolute atomic E-state index is 0.0146. The molecule has 0 bridgehead atoms. The lowest BCUT2D eigenvalue weighted by atomic mass is 9.33. The van der Waals surface area contributed by atoms with Crippen molar-refractivity contribution >= 4 is 29.3 Å². The average molecular weight is 675 g/mol. The first-order valence-corrected chi connectivity index (χ1v) is 18.7. The molecule has 8 atom stereocenters. The van der Waals surface area contributed by atoms with Crippen LogP contribution in [0.1, 0.15) is 127 Å². The lowest BCUT2D eigenvalue weighted by Crippen LogP contribution is -2.66. The van der Waals surface area contributed by atoms with Crippen molar-refractivity contribution in [2.75, 3.05) is 5.32 Å². The molecule has 268 valence electrons. The Morgan fingerprint density at radius 1 is 0.939 bits per heavy atom. The standard InChI is InChI=1S/C41H58N2O6/c1-24(2)32-27(44)22-41(34(46)43-25-14-20-42-21-15-25)19-18-39(8)26(33(32)41)10-11-29-38(7)16-13-30(49-31(45)23-36(3,4)35(47)48)37(5,6)28(38)12-17-40(29,39)9/h14-15,20-21,24,26,28-30H,10-13,16-19,22-23H2,1-9H3,(H,47,48)(H,42,43,46)/t26-,28?,29?,30+,38+,39-,40-,41-/m1/s1. The number of nitrogens with one attached hydrogen (secondary N) is 1. The lowest BCUT2D eigenvalue weighted by molar-refractivity contribution is -0.233. The van der Waals surface area contributed by atoms with Crippen LogP contribution in [0, 0.1) is 56.2 Å². The number of hydrogen-bond donors (Lipinski definition) is 2. The van der Waals surface area contributed by atoms with E-state index in [0.717, 1.165) is 56.1 Å². The van der Waals surface area contributed by atoms with Gasteiger partial charge in [-0.15, -0.1) is 0 Å². The van der Waals surface area contributed by atoms with Crippen LogP contribution in [0.25, 0.3) is 0 Å². The van der Waals surface area contributed by atoms with Crippen LogP contribution in [-0.2, 0) is 23.9 Å². The van der Waals surface area contributed by atoms with Crippen molar-refractivity contribution in [3.8, 4) is 0 Å². The molecule has 49 heavy (non-hydrogen) atoms. The highest BCUT2D eigenvalue weighted by Crippen LogP contribution is 2.76. The molecule has 2 unspecified atom stereocenters. The number of aliphatic carboxylic acids is 1. The number of carbonyl (C=O) groups excluding carboxylic acids is 3. The number of carbonyl (C=O) groups is 4. The Balaban J connectivity index is 1.31. The van der Waals surface area contributed by atoms with E-state index in [1.54, 1.807) is 26.2 Å². The number of hydrogen-bond acceptors (Lipinski definition) is 6. The summed E-state index contributed by atoms with van der Waals surface area (Å²) in [5.74, 6) is -0.307. The third-order valence-corrected chi connectivity index (χ3v) is 15.2. The van der Waals surface area contributed by atoms with Gasteiger partial charge in [-0.1, -0.05) is 48.5 Å². The Bertz CT molecular complexity index is 1580. The molecule has 0 saturated heterocycles. The van der Waals surface area contributed by atoms with E-state index in [1.807, 2.05) is 12.1 Å². The quantitative estimate of drug-likeness (QED) is 0.279. The SMILES string of the molecule is CC(C)C1=C2[C@H]3CCC4[C@@]5(C)CC[C@H](OC(=O)CC(C)(C)C(=O)O)C(C)(C)C5CC[C@@]4(C)[C@]3(C)CC[C@@]2(C(=O)Nc2ccncc2)CC1=O. The highest BCUT2D eigenvalue weighted by atomic mass is 16.5. The molecule has 6 rings (SSSR count). The molecule has 8 heteroatoms. The molecule has 8 nitrogen and oxygen atoms in total. The zero-order valence-electron chi connectivity index (χ0n) is 31.2. The normalized spacial score (nSPS) is 38.2. The van der Waals surface area contributed by atoms with E-state index in [2.05, 4.69) is 58.8 Å². The van der Waals surface area contributed by atoms with Gasteiger partial charge >= 0.3 is 11.9 Å². The number of nitrogens with zero attached hydrogens (tertiary/aromatic N) is 1. The molecule has 2 N–H and O–H groups in total. The first-order valence-electron chi connectivity index (χ1n) is 18.7. The molecule has 0 aliphatic heterocycles. The molecule has 1 aromatic rings. The Kier molecular flexibility index (Phi) is 8.59. The second-order valence-electron chi connectivity index (χ2n) is 18.7. The van der Waals surface area contributed by atoms with E-state index in [1.165, 1.54) is 0 Å². The van der Waals surface area contributed by atoms with Gasteiger partial charge in [-0.2, -0.15) is 0 Å². The molecule has 0 spiro atoms. The molecule has 1 aromatic heterocycles. The van der Waals surface area contributed by atoms with Crippen molar-refractivity contribution in [3.05, 3.63) is 35.7 Å². The predicted molar refractivity (Wildman–Crippen MR) is 188 cm³/mol. The van der Waals surface area contributed by atoms with E-state index >= 15 is 0 Å². The number of aromatic nitrogens is 1. The van der Waals surface area contributed by atoms with Gasteiger partial charge in [0.25, 0.3) is 0 Å². The number of Topliss-reactive ketones (excluding diaryl/α,β-unsaturated/α-hetero) is 1. The summed E-state index contributed by atoms with van der Waals surface area (Å²) in [6.45, 7) is 19.4. The number of fused-ring (bicyclic) bond motifs is 7. The number of anilines is 1. The number of rotatable bonds is 7. The minimum atomic E-state index is -1.17. The van der Waals surface area contributed by atoms with E-state index < -0.39 is 22.8 Å². The fourth-order valence-corrected chi connectivity index (χ4v) is 12.4. The third-order valence-electron chi connectivity index (χ3n) is 15.2. The molecule has 5 aliphatic rings. The topological polar surface area (TPSA) is 123 Å². The molecular formula is C41H58N2O6. The number of amides is 1. The summed E-state index contributed by atoms with van der Waals surface area (Å²) >= 11 is 0. The maximum absolute atomic E-state index is 14.4. The first kappa shape index (κ1) is 35.8. The zero-order chi connectivity index (χ0) is 35.9. The number of ketones is 1. The van der Waals surface area contributed by atoms with Gasteiger partial charge in [-0.05, 0) is 128 Å². The second-order valence-corrected chi connectivity index (χ2v) is 18.7. The van der Waals surface area contributed by atoms with Crippen molar-refractivity contribution in [2.45, 2.75) is 133 Å². The second kappa shape index (κ2) is 11.8. The summed E-state index contributed by atoms with van der Waals surface area (Å²) in [6, 6.07) is 3.62. The summed E-state index contributed by atoms with van der Waals surface area (Å²) in [5, 5.41) is 12.8. The van der Waals surface area contributed by atoms with Gasteiger partial charge in [0.2, 0.25) is 5.91 Å². The van der Waals surface area contributed by atoms with Crippen molar-refractivity contribution in [3.63, 3.8) is 0 Å². The maximum Gasteiger partial charge on any atom is 0.309 e. The molecule has 0 radical (unpaired) electrons. The molecule has 1 amide bonds. The van der Waals surface area contributed by atoms with Gasteiger partial charge in [-0.3, -0.25) is 24.2 Å². The molecule has 4 fully saturated rings. The fourth-order valence-electron chi connectivity index (χ4n) is 12.4. The maximum atomic E-state index is 14.4. The van der Waals surface area contributed by atoms with Crippen LogP contribution < -0.4 is 5.32 Å². The minimum Gasteiger partial charge on any atom is -0.481 e.